The van der Waals surface area contributed by atoms with Crippen molar-refractivity contribution in [2.45, 2.75) is 77.5 Å². The van der Waals surface area contributed by atoms with Gasteiger partial charge in [-0.1, -0.05) is 31.2 Å². The van der Waals surface area contributed by atoms with Crippen molar-refractivity contribution >= 4 is 17.5 Å². The Kier molecular flexibility index (Phi) is 9.62. The van der Waals surface area contributed by atoms with Crippen molar-refractivity contribution in [3.8, 4) is 11.1 Å². The summed E-state index contributed by atoms with van der Waals surface area (Å²) >= 11 is 0. The zero-order chi connectivity index (χ0) is 30.1. The van der Waals surface area contributed by atoms with E-state index in [2.05, 4.69) is 87.4 Å². The molecule has 1 saturated carbocycles. The van der Waals surface area contributed by atoms with Gasteiger partial charge in [-0.3, -0.25) is 9.28 Å². The van der Waals surface area contributed by atoms with Crippen molar-refractivity contribution in [3.63, 3.8) is 0 Å². The van der Waals surface area contributed by atoms with Crippen molar-refractivity contribution in [1.29, 1.82) is 0 Å². The third kappa shape index (κ3) is 6.85. The number of hydrogen-bond acceptors (Lipinski definition) is 5. The molecule has 3 atom stereocenters. The summed E-state index contributed by atoms with van der Waals surface area (Å²) in [5.41, 5.74) is 12.3. The van der Waals surface area contributed by atoms with Gasteiger partial charge in [-0.25, -0.2) is 4.79 Å². The Morgan fingerprint density at radius 3 is 2.24 bits per heavy atom. The van der Waals surface area contributed by atoms with Gasteiger partial charge in [-0.05, 0) is 93.9 Å². The minimum atomic E-state index is -0.188. The number of amides is 2. The second-order valence-electron chi connectivity index (χ2n) is 13.5. The molecule has 2 amide bonds. The molecule has 224 valence electrons. The Morgan fingerprint density at radius 1 is 1.00 bits per heavy atom. The summed E-state index contributed by atoms with van der Waals surface area (Å²) in [5.74, 6) is 0.136. The summed E-state index contributed by atoms with van der Waals surface area (Å²) in [6.07, 6.45) is 5.12. The van der Waals surface area contributed by atoms with Crippen LogP contribution >= 0.6 is 0 Å². The Balaban J connectivity index is 1.65. The van der Waals surface area contributed by atoms with Gasteiger partial charge in [-0.2, -0.15) is 0 Å². The average molecular weight is 563 g/mol. The summed E-state index contributed by atoms with van der Waals surface area (Å²) in [5, 5.41) is 3.17. The zero-order valence-corrected chi connectivity index (χ0v) is 26.5. The number of quaternary nitrogens is 1. The topological polar surface area (TPSA) is 78.7 Å². The molecule has 1 saturated heterocycles. The van der Waals surface area contributed by atoms with Gasteiger partial charge in [-0.15, -0.1) is 0 Å². The molecule has 1 aliphatic carbocycles. The molecule has 3 N–H and O–H groups in total. The molecular formula is C34H52N5O2+. The highest BCUT2D eigenvalue weighted by Gasteiger charge is 2.46. The summed E-state index contributed by atoms with van der Waals surface area (Å²) in [6, 6.07) is 13.8. The first kappa shape index (κ1) is 31.2. The molecule has 0 radical (unpaired) electrons. The van der Waals surface area contributed by atoms with E-state index in [4.69, 9.17) is 5.73 Å². The number of rotatable bonds is 8. The number of piperidine rings is 1. The van der Waals surface area contributed by atoms with E-state index in [1.807, 2.05) is 20.2 Å². The normalized spacial score (nSPS) is 26.2. The summed E-state index contributed by atoms with van der Waals surface area (Å²) in [6.45, 7) is 7.58. The van der Waals surface area contributed by atoms with Gasteiger partial charge >= 0.3 is 5.91 Å². The van der Waals surface area contributed by atoms with E-state index in [1.54, 1.807) is 0 Å². The van der Waals surface area contributed by atoms with Gasteiger partial charge in [0.1, 0.15) is 0 Å². The number of carbonyl (C=O) groups is 2. The number of benzene rings is 2. The fourth-order valence-electron chi connectivity index (χ4n) is 6.76. The predicted molar refractivity (Wildman–Crippen MR) is 169 cm³/mol. The quantitative estimate of drug-likeness (QED) is 0.452. The van der Waals surface area contributed by atoms with Gasteiger partial charge in [0.2, 0.25) is 0 Å². The molecule has 0 aromatic heterocycles. The minimum Gasteiger partial charge on any atom is -0.371 e. The second kappa shape index (κ2) is 12.6. The first-order chi connectivity index (χ1) is 19.3. The molecule has 3 unspecified atom stereocenters. The lowest BCUT2D eigenvalue weighted by atomic mass is 9.81. The third-order valence-corrected chi connectivity index (χ3v) is 9.95. The van der Waals surface area contributed by atoms with E-state index in [-0.39, 0.29) is 35.7 Å². The zero-order valence-electron chi connectivity index (χ0n) is 26.5. The third-order valence-electron chi connectivity index (χ3n) is 9.95. The summed E-state index contributed by atoms with van der Waals surface area (Å²) in [4.78, 5) is 31.7. The largest absolute Gasteiger partial charge is 0.371 e. The Morgan fingerprint density at radius 2 is 1.63 bits per heavy atom. The van der Waals surface area contributed by atoms with E-state index in [9.17, 15) is 9.59 Å². The molecule has 41 heavy (non-hydrogen) atoms. The standard InChI is InChI=1S/C34H51N5O2/c1-22-17-23(2)39(7,8)34(41)31(22)20-36-33(40)30-18-27(26-11-9-25(10-12-26)21-37(4)5)19-32(24(30)3)38(6)29-15-13-28(35)14-16-29/h9-12,18-19,22-23,28-29,31H,13-17,20-21,35H2,1-8H3/p+1. The van der Waals surface area contributed by atoms with Crippen molar-refractivity contribution in [2.75, 3.05) is 46.7 Å². The van der Waals surface area contributed by atoms with Gasteiger partial charge in [0, 0.05) is 49.9 Å². The molecule has 2 aromatic rings. The van der Waals surface area contributed by atoms with Crippen LogP contribution in [-0.4, -0.2) is 81.1 Å². The smallest absolute Gasteiger partial charge is 0.318 e. The van der Waals surface area contributed by atoms with Crippen LogP contribution in [0.2, 0.25) is 0 Å². The number of carbonyl (C=O) groups excluding carboxylic acids is 2. The van der Waals surface area contributed by atoms with Crippen molar-refractivity contribution in [3.05, 3.63) is 53.1 Å². The SMILES string of the molecule is Cc1c(C(=O)NCC2C(=O)[N+](C)(C)C(C)CC2C)cc(-c2ccc(CN(C)C)cc2)cc1N(C)C1CCC(N)CC1. The molecule has 2 aliphatic rings. The lowest BCUT2D eigenvalue weighted by Crippen LogP contribution is -2.61. The van der Waals surface area contributed by atoms with Crippen LogP contribution in [0.15, 0.2) is 36.4 Å². The molecule has 4 rings (SSSR count). The Hall–Kier alpha value is -2.74. The predicted octanol–water partition coefficient (Wildman–Crippen LogP) is 4.81. The van der Waals surface area contributed by atoms with E-state index >= 15 is 0 Å². The molecule has 2 fully saturated rings. The number of nitrogens with one attached hydrogen (secondary N) is 1. The van der Waals surface area contributed by atoms with Gasteiger partial charge < -0.3 is 20.9 Å². The molecule has 7 heteroatoms. The van der Waals surface area contributed by atoms with E-state index in [1.165, 1.54) is 5.56 Å². The maximum absolute atomic E-state index is 13.8. The molecule has 0 spiro atoms. The van der Waals surface area contributed by atoms with Crippen LogP contribution in [0.1, 0.15) is 67.4 Å². The van der Waals surface area contributed by atoms with E-state index < -0.39 is 0 Å². The van der Waals surface area contributed by atoms with Crippen LogP contribution in [0.4, 0.5) is 5.69 Å². The lowest BCUT2D eigenvalue weighted by Gasteiger charge is -2.43. The van der Waals surface area contributed by atoms with Crippen molar-refractivity contribution in [2.24, 2.45) is 17.6 Å². The highest BCUT2D eigenvalue weighted by molar-refractivity contribution is 5.99. The van der Waals surface area contributed by atoms with Crippen molar-refractivity contribution < 1.29 is 14.1 Å². The lowest BCUT2D eigenvalue weighted by molar-refractivity contribution is -0.845. The maximum Gasteiger partial charge on any atom is 0.318 e. The summed E-state index contributed by atoms with van der Waals surface area (Å²) < 4.78 is 0.364. The highest BCUT2D eigenvalue weighted by Crippen LogP contribution is 2.35. The minimum absolute atomic E-state index is 0.113. The number of anilines is 1. The maximum atomic E-state index is 13.8. The molecule has 7 nitrogen and oxygen atoms in total. The van der Waals surface area contributed by atoms with Crippen LogP contribution in [0.5, 0.6) is 0 Å². The number of nitrogens with two attached hydrogens (primary N) is 1. The van der Waals surface area contributed by atoms with Crippen LogP contribution in [0.25, 0.3) is 11.1 Å². The fraction of sp³-hybridized carbons (Fsp3) is 0.588. The first-order valence-electron chi connectivity index (χ1n) is 15.3. The first-order valence-corrected chi connectivity index (χ1v) is 15.3. The summed E-state index contributed by atoms with van der Waals surface area (Å²) in [7, 11) is 10.3. The van der Waals surface area contributed by atoms with E-state index in [0.29, 0.717) is 22.6 Å². The highest BCUT2D eigenvalue weighted by atomic mass is 16.2. The van der Waals surface area contributed by atoms with Gasteiger partial charge in [0.25, 0.3) is 5.91 Å². The van der Waals surface area contributed by atoms with Gasteiger partial charge in [0.15, 0.2) is 0 Å². The van der Waals surface area contributed by atoms with Crippen LogP contribution in [-0.2, 0) is 11.3 Å². The average Bonchev–Trinajstić information content (AvgIpc) is 2.92. The van der Waals surface area contributed by atoms with Crippen LogP contribution in [0.3, 0.4) is 0 Å². The van der Waals surface area contributed by atoms with Crippen LogP contribution in [0, 0.1) is 18.8 Å². The fourth-order valence-corrected chi connectivity index (χ4v) is 6.76. The molecule has 2 aromatic carbocycles. The molecule has 1 heterocycles. The molecule has 0 bridgehead atoms. The van der Waals surface area contributed by atoms with Crippen LogP contribution < -0.4 is 16.0 Å². The second-order valence-corrected chi connectivity index (χ2v) is 13.5. The number of hydrogen-bond donors (Lipinski definition) is 2. The van der Waals surface area contributed by atoms with E-state index in [0.717, 1.165) is 61.0 Å². The number of nitrogens with zero attached hydrogens (tertiary/aromatic N) is 3. The molecular weight excluding hydrogens is 510 g/mol. The monoisotopic (exact) mass is 562 g/mol. The Labute approximate surface area is 247 Å². The number of likely N-dealkylation sites (tertiary alicyclic amines) is 1. The Bertz CT molecular complexity index is 1230. The van der Waals surface area contributed by atoms with Gasteiger partial charge in [0.05, 0.1) is 26.1 Å². The van der Waals surface area contributed by atoms with Crippen molar-refractivity contribution in [1.82, 2.24) is 10.2 Å². The molecule has 1 aliphatic heterocycles.